The maximum Gasteiger partial charge on any atom is 0.0477 e. The highest BCUT2D eigenvalue weighted by molar-refractivity contribution is 5.56. The van der Waals surface area contributed by atoms with E-state index in [0.29, 0.717) is 6.04 Å². The fourth-order valence-corrected chi connectivity index (χ4v) is 3.12. The molecule has 1 N–H and O–H groups in total. The van der Waals surface area contributed by atoms with Crippen LogP contribution in [0.5, 0.6) is 0 Å². The van der Waals surface area contributed by atoms with E-state index in [1.165, 1.54) is 24.2 Å². The summed E-state index contributed by atoms with van der Waals surface area (Å²) < 4.78 is 5.37. The van der Waals surface area contributed by atoms with Crippen LogP contribution in [0, 0.1) is 5.92 Å². The Bertz CT molecular complexity index is 421. The molecule has 118 valence electrons. The number of nitrogens with zero attached hydrogens (tertiary/aromatic N) is 1. The Morgan fingerprint density at radius 2 is 2.19 bits per heavy atom. The predicted molar refractivity (Wildman–Crippen MR) is 90.1 cm³/mol. The van der Waals surface area contributed by atoms with E-state index in [-0.39, 0.29) is 0 Å². The third-order valence-electron chi connectivity index (χ3n) is 4.20. The zero-order valence-corrected chi connectivity index (χ0v) is 13.8. The first kappa shape index (κ1) is 16.3. The average molecular weight is 290 g/mol. The van der Waals surface area contributed by atoms with Crippen LogP contribution in [0.3, 0.4) is 0 Å². The van der Waals surface area contributed by atoms with Crippen molar-refractivity contribution in [2.45, 2.75) is 39.7 Å². The molecule has 0 aromatic heterocycles. The first-order valence-electron chi connectivity index (χ1n) is 8.35. The summed E-state index contributed by atoms with van der Waals surface area (Å²) in [6.45, 7) is 11.6. The van der Waals surface area contributed by atoms with Gasteiger partial charge in [0.2, 0.25) is 0 Å². The molecule has 0 fully saturated rings. The van der Waals surface area contributed by atoms with Crippen molar-refractivity contribution >= 4 is 5.69 Å². The summed E-state index contributed by atoms with van der Waals surface area (Å²) in [5, 5.41) is 3.57. The lowest BCUT2D eigenvalue weighted by Crippen LogP contribution is -2.45. The standard InChI is InChI=1S/C18H30N2O/c1-4-21-11-7-10-19-13-16(3)20-14-15(2)12-17-8-5-6-9-18(17)20/h5-6,8-9,15-16,19H,4,7,10-14H2,1-3H3. The Labute approximate surface area is 129 Å². The van der Waals surface area contributed by atoms with Gasteiger partial charge in [0, 0.05) is 38.0 Å². The normalized spacial score (nSPS) is 19.4. The van der Waals surface area contributed by atoms with Gasteiger partial charge in [0.15, 0.2) is 0 Å². The van der Waals surface area contributed by atoms with Gasteiger partial charge in [-0.1, -0.05) is 25.1 Å². The number of para-hydroxylation sites is 1. The lowest BCUT2D eigenvalue weighted by Gasteiger charge is -2.39. The van der Waals surface area contributed by atoms with Gasteiger partial charge < -0.3 is 15.0 Å². The van der Waals surface area contributed by atoms with E-state index < -0.39 is 0 Å². The molecule has 0 bridgehead atoms. The maximum atomic E-state index is 5.37. The molecule has 21 heavy (non-hydrogen) atoms. The van der Waals surface area contributed by atoms with E-state index >= 15 is 0 Å². The van der Waals surface area contributed by atoms with Crippen molar-refractivity contribution in [3.8, 4) is 0 Å². The molecule has 0 radical (unpaired) electrons. The molecule has 1 heterocycles. The quantitative estimate of drug-likeness (QED) is 0.745. The van der Waals surface area contributed by atoms with Crippen LogP contribution in [0.25, 0.3) is 0 Å². The van der Waals surface area contributed by atoms with Crippen LogP contribution in [-0.4, -0.2) is 38.9 Å². The van der Waals surface area contributed by atoms with Crippen LogP contribution in [0.2, 0.25) is 0 Å². The Kier molecular flexibility index (Phi) is 6.52. The molecule has 1 aromatic carbocycles. The Morgan fingerprint density at radius 1 is 1.38 bits per heavy atom. The number of anilines is 1. The van der Waals surface area contributed by atoms with Gasteiger partial charge in [-0.25, -0.2) is 0 Å². The number of hydrogen-bond acceptors (Lipinski definition) is 3. The summed E-state index contributed by atoms with van der Waals surface area (Å²) in [6, 6.07) is 9.39. The van der Waals surface area contributed by atoms with Crippen molar-refractivity contribution in [2.75, 3.05) is 37.7 Å². The molecule has 3 nitrogen and oxygen atoms in total. The van der Waals surface area contributed by atoms with E-state index in [1.807, 2.05) is 6.92 Å². The molecular formula is C18H30N2O. The van der Waals surface area contributed by atoms with Crippen LogP contribution in [-0.2, 0) is 11.2 Å². The van der Waals surface area contributed by atoms with Gasteiger partial charge in [0.05, 0.1) is 0 Å². The summed E-state index contributed by atoms with van der Waals surface area (Å²) in [5.74, 6) is 0.736. The SMILES string of the molecule is CCOCCCNCC(C)N1CC(C)Cc2ccccc21. The maximum absolute atomic E-state index is 5.37. The molecule has 2 unspecified atom stereocenters. The highest BCUT2D eigenvalue weighted by atomic mass is 16.5. The van der Waals surface area contributed by atoms with E-state index in [0.717, 1.165) is 38.6 Å². The van der Waals surface area contributed by atoms with E-state index in [4.69, 9.17) is 4.74 Å². The molecule has 0 saturated heterocycles. The number of fused-ring (bicyclic) bond motifs is 1. The van der Waals surface area contributed by atoms with Crippen molar-refractivity contribution in [3.05, 3.63) is 29.8 Å². The third-order valence-corrected chi connectivity index (χ3v) is 4.20. The van der Waals surface area contributed by atoms with Gasteiger partial charge in [-0.15, -0.1) is 0 Å². The highest BCUT2D eigenvalue weighted by Crippen LogP contribution is 2.30. The number of rotatable bonds is 8. The van der Waals surface area contributed by atoms with Gasteiger partial charge in [0.25, 0.3) is 0 Å². The smallest absolute Gasteiger partial charge is 0.0477 e. The van der Waals surface area contributed by atoms with Gasteiger partial charge in [0.1, 0.15) is 0 Å². The molecular weight excluding hydrogens is 260 g/mol. The minimum atomic E-state index is 0.529. The zero-order valence-electron chi connectivity index (χ0n) is 13.8. The number of ether oxygens (including phenoxy) is 1. The van der Waals surface area contributed by atoms with E-state index in [1.54, 1.807) is 0 Å². The molecule has 2 atom stereocenters. The largest absolute Gasteiger partial charge is 0.382 e. The lowest BCUT2D eigenvalue weighted by molar-refractivity contribution is 0.144. The monoisotopic (exact) mass is 290 g/mol. The molecule has 1 aliphatic heterocycles. The topological polar surface area (TPSA) is 24.5 Å². The highest BCUT2D eigenvalue weighted by Gasteiger charge is 2.24. The molecule has 0 saturated carbocycles. The Morgan fingerprint density at radius 3 is 3.00 bits per heavy atom. The van der Waals surface area contributed by atoms with Crippen LogP contribution >= 0.6 is 0 Å². The van der Waals surface area contributed by atoms with Crippen molar-refractivity contribution < 1.29 is 4.74 Å². The number of hydrogen-bond donors (Lipinski definition) is 1. The minimum Gasteiger partial charge on any atom is -0.382 e. The van der Waals surface area contributed by atoms with Crippen LogP contribution in [0.4, 0.5) is 5.69 Å². The second-order valence-electron chi connectivity index (χ2n) is 6.19. The Balaban J connectivity index is 1.83. The first-order chi connectivity index (χ1) is 10.2. The molecule has 2 rings (SSSR count). The van der Waals surface area contributed by atoms with E-state index in [9.17, 15) is 0 Å². The van der Waals surface area contributed by atoms with Crippen molar-refractivity contribution in [1.82, 2.24) is 5.32 Å². The van der Waals surface area contributed by atoms with E-state index in [2.05, 4.69) is 48.3 Å². The van der Waals surface area contributed by atoms with Crippen LogP contribution in [0.1, 0.15) is 32.8 Å². The number of benzene rings is 1. The van der Waals surface area contributed by atoms with Crippen LogP contribution in [0.15, 0.2) is 24.3 Å². The summed E-state index contributed by atoms with van der Waals surface area (Å²) in [6.07, 6.45) is 2.30. The van der Waals surface area contributed by atoms with Gasteiger partial charge in [-0.05, 0) is 50.8 Å². The molecule has 0 spiro atoms. The van der Waals surface area contributed by atoms with Gasteiger partial charge >= 0.3 is 0 Å². The predicted octanol–water partition coefficient (Wildman–Crippen LogP) is 3.09. The molecule has 0 amide bonds. The summed E-state index contributed by atoms with van der Waals surface area (Å²) in [5.41, 5.74) is 2.93. The summed E-state index contributed by atoms with van der Waals surface area (Å²) >= 11 is 0. The lowest BCUT2D eigenvalue weighted by atomic mass is 9.93. The van der Waals surface area contributed by atoms with Gasteiger partial charge in [-0.3, -0.25) is 0 Å². The van der Waals surface area contributed by atoms with Crippen LogP contribution < -0.4 is 10.2 Å². The fourth-order valence-electron chi connectivity index (χ4n) is 3.12. The van der Waals surface area contributed by atoms with Crippen molar-refractivity contribution in [3.63, 3.8) is 0 Å². The molecule has 0 aliphatic carbocycles. The second kappa shape index (κ2) is 8.40. The molecule has 1 aromatic rings. The third kappa shape index (κ3) is 4.72. The van der Waals surface area contributed by atoms with Crippen molar-refractivity contribution in [1.29, 1.82) is 0 Å². The Hall–Kier alpha value is -1.06. The van der Waals surface area contributed by atoms with Crippen molar-refractivity contribution in [2.24, 2.45) is 5.92 Å². The summed E-state index contributed by atoms with van der Waals surface area (Å²) in [7, 11) is 0. The average Bonchev–Trinajstić information content (AvgIpc) is 2.49. The second-order valence-corrected chi connectivity index (χ2v) is 6.19. The fraction of sp³-hybridized carbons (Fsp3) is 0.667. The van der Waals surface area contributed by atoms with Gasteiger partial charge in [-0.2, -0.15) is 0 Å². The zero-order chi connectivity index (χ0) is 15.1. The minimum absolute atomic E-state index is 0.529. The molecule has 3 heteroatoms. The molecule has 1 aliphatic rings. The first-order valence-corrected chi connectivity index (χ1v) is 8.35. The number of nitrogens with one attached hydrogen (secondary N) is 1. The summed E-state index contributed by atoms with van der Waals surface area (Å²) in [4.78, 5) is 2.57.